The van der Waals surface area contributed by atoms with Crippen LogP contribution in [0.1, 0.15) is 42.6 Å². The number of halogens is 1. The molecule has 1 aliphatic rings. The van der Waals surface area contributed by atoms with E-state index in [1.54, 1.807) is 12.1 Å². The van der Waals surface area contributed by atoms with Crippen LogP contribution in [0, 0.1) is 0 Å². The van der Waals surface area contributed by atoms with Crippen molar-refractivity contribution in [3.05, 3.63) is 86.2 Å². The zero-order valence-electron chi connectivity index (χ0n) is 19.0. The molecule has 1 N–H and O–H groups in total. The predicted octanol–water partition coefficient (Wildman–Crippen LogP) is 4.96. The molecule has 0 saturated heterocycles. The smallest absolute Gasteiger partial charge is 0.253 e. The molecule has 0 fully saturated rings. The number of rotatable bonds is 8. The maximum Gasteiger partial charge on any atom is 0.253 e. The third-order valence-electron chi connectivity index (χ3n) is 5.46. The fourth-order valence-corrected chi connectivity index (χ4v) is 4.79. The number of aromatic amines is 1. The molecule has 0 saturated carbocycles. The van der Waals surface area contributed by atoms with Crippen molar-refractivity contribution in [2.45, 2.75) is 37.4 Å². The molecular weight excluding hydrogens is 516 g/mol. The summed E-state index contributed by atoms with van der Waals surface area (Å²) in [6.45, 7) is 2.03. The summed E-state index contributed by atoms with van der Waals surface area (Å²) in [6, 6.07) is 16.9. The Morgan fingerprint density at radius 3 is 2.62 bits per heavy atom. The van der Waals surface area contributed by atoms with Crippen LogP contribution in [-0.2, 0) is 11.2 Å². The molecule has 1 unspecified atom stereocenters. The van der Waals surface area contributed by atoms with Crippen LogP contribution in [-0.4, -0.2) is 39.5 Å². The molecule has 2 heterocycles. The van der Waals surface area contributed by atoms with Crippen LogP contribution in [0.25, 0.3) is 0 Å². The highest BCUT2D eigenvalue weighted by Gasteiger charge is 2.33. The number of amides is 1. The molecule has 9 heteroatoms. The van der Waals surface area contributed by atoms with Crippen molar-refractivity contribution in [2.75, 3.05) is 12.9 Å². The molecule has 3 aromatic rings. The number of thioether (sulfide) groups is 1. The molecule has 2 aromatic carbocycles. The van der Waals surface area contributed by atoms with Gasteiger partial charge in [0.15, 0.2) is 5.16 Å². The second-order valence-corrected chi connectivity index (χ2v) is 9.75. The van der Waals surface area contributed by atoms with E-state index < -0.39 is 0 Å². The van der Waals surface area contributed by atoms with Crippen molar-refractivity contribution in [2.24, 2.45) is 5.10 Å². The molecule has 4 rings (SSSR count). The Labute approximate surface area is 210 Å². The number of benzene rings is 2. The predicted molar refractivity (Wildman–Crippen MR) is 137 cm³/mol. The van der Waals surface area contributed by atoms with Gasteiger partial charge in [-0.1, -0.05) is 65.3 Å². The molecule has 1 aliphatic heterocycles. The first-order valence-corrected chi connectivity index (χ1v) is 12.8. The molecule has 0 bridgehead atoms. The van der Waals surface area contributed by atoms with Crippen molar-refractivity contribution in [1.29, 1.82) is 0 Å². The number of carbonyl (C=O) groups excluding carboxylic acids is 1. The van der Waals surface area contributed by atoms with Gasteiger partial charge >= 0.3 is 0 Å². The van der Waals surface area contributed by atoms with E-state index >= 15 is 0 Å². The van der Waals surface area contributed by atoms with Crippen molar-refractivity contribution in [3.63, 3.8) is 0 Å². The van der Waals surface area contributed by atoms with Gasteiger partial charge in [-0.25, -0.2) is 9.99 Å². The van der Waals surface area contributed by atoms with Gasteiger partial charge in [-0.3, -0.25) is 9.59 Å². The number of nitrogens with one attached hydrogen (secondary N) is 1. The van der Waals surface area contributed by atoms with Gasteiger partial charge in [-0.05, 0) is 41.8 Å². The number of carbonyl (C=O) groups is 1. The zero-order valence-corrected chi connectivity index (χ0v) is 21.4. The van der Waals surface area contributed by atoms with E-state index in [1.165, 1.54) is 17.8 Å². The van der Waals surface area contributed by atoms with Crippen molar-refractivity contribution in [1.82, 2.24) is 15.0 Å². The van der Waals surface area contributed by atoms with Gasteiger partial charge in [0.2, 0.25) is 0 Å². The van der Waals surface area contributed by atoms with Crippen LogP contribution >= 0.6 is 27.7 Å². The average molecular weight is 541 g/mol. The van der Waals surface area contributed by atoms with E-state index in [1.807, 2.05) is 55.5 Å². The van der Waals surface area contributed by atoms with Crippen LogP contribution in [0.15, 0.2) is 74.1 Å². The van der Waals surface area contributed by atoms with Gasteiger partial charge in [-0.2, -0.15) is 5.10 Å². The van der Waals surface area contributed by atoms with Gasteiger partial charge in [0.05, 0.1) is 24.6 Å². The largest absolute Gasteiger partial charge is 0.497 e. The number of aromatic nitrogens is 2. The molecule has 0 radical (unpaired) electrons. The third-order valence-corrected chi connectivity index (χ3v) is 6.84. The molecule has 1 aromatic heterocycles. The molecule has 176 valence electrons. The first-order valence-electron chi connectivity index (χ1n) is 11.0. The first kappa shape index (κ1) is 24.2. The molecule has 1 atom stereocenters. The number of H-pyrrole nitrogens is 1. The van der Waals surface area contributed by atoms with Gasteiger partial charge in [0.25, 0.3) is 11.5 Å². The van der Waals surface area contributed by atoms with E-state index in [0.717, 1.165) is 45.6 Å². The molecule has 1 amide bonds. The van der Waals surface area contributed by atoms with Gasteiger partial charge in [-0.15, -0.1) is 0 Å². The lowest BCUT2D eigenvalue weighted by Gasteiger charge is -2.22. The molecule has 0 spiro atoms. The van der Waals surface area contributed by atoms with Crippen LogP contribution in [0.4, 0.5) is 0 Å². The highest BCUT2D eigenvalue weighted by Crippen LogP contribution is 2.34. The summed E-state index contributed by atoms with van der Waals surface area (Å²) in [6.07, 6.45) is 2.22. The molecule has 34 heavy (non-hydrogen) atoms. The third kappa shape index (κ3) is 5.77. The highest BCUT2D eigenvalue weighted by molar-refractivity contribution is 9.10. The highest BCUT2D eigenvalue weighted by atomic mass is 79.9. The summed E-state index contributed by atoms with van der Waals surface area (Å²) in [5.41, 5.74) is 3.33. The normalized spacial score (nSPS) is 15.3. The fraction of sp³-hybridized carbons (Fsp3) is 0.280. The van der Waals surface area contributed by atoms with Crippen molar-refractivity contribution >= 4 is 39.3 Å². The zero-order chi connectivity index (χ0) is 24.1. The minimum atomic E-state index is -0.226. The summed E-state index contributed by atoms with van der Waals surface area (Å²) in [4.78, 5) is 32.4. The lowest BCUT2D eigenvalue weighted by atomic mass is 9.98. The SMILES string of the molecule is CCCc1cc(=O)[nH]c(SCC(=O)N2N=C(c3ccc(Br)cc3)CC2c2ccc(OC)cc2)n1. The molecular formula is C25H25BrN4O3S. The second-order valence-electron chi connectivity index (χ2n) is 7.87. The standard InChI is InChI=1S/C25H25BrN4O3S/c1-3-4-19-13-23(31)28-25(27-19)34-15-24(32)30-22(17-7-11-20(33-2)12-8-17)14-21(29-30)16-5-9-18(26)10-6-16/h5-13,22H,3-4,14-15H2,1-2H3,(H,27,28,31). The fourth-order valence-electron chi connectivity index (χ4n) is 3.77. The van der Waals surface area contributed by atoms with E-state index in [2.05, 4.69) is 25.9 Å². The maximum atomic E-state index is 13.3. The van der Waals surface area contributed by atoms with Crippen LogP contribution in [0.5, 0.6) is 5.75 Å². The van der Waals surface area contributed by atoms with Gasteiger partial charge in [0, 0.05) is 22.7 Å². The molecule has 7 nitrogen and oxygen atoms in total. The topological polar surface area (TPSA) is 87.7 Å². The Kier molecular flexibility index (Phi) is 7.84. The number of methoxy groups -OCH3 is 1. The number of ether oxygens (including phenoxy) is 1. The Balaban J connectivity index is 1.57. The number of hydrazone groups is 1. The summed E-state index contributed by atoms with van der Waals surface area (Å²) in [5.74, 6) is 0.718. The van der Waals surface area contributed by atoms with Crippen LogP contribution in [0.3, 0.4) is 0 Å². The summed E-state index contributed by atoms with van der Waals surface area (Å²) < 4.78 is 6.26. The average Bonchev–Trinajstić information content (AvgIpc) is 3.28. The summed E-state index contributed by atoms with van der Waals surface area (Å²) in [7, 11) is 1.63. The minimum absolute atomic E-state index is 0.113. The number of aryl methyl sites for hydroxylation is 1. The Morgan fingerprint density at radius 2 is 1.94 bits per heavy atom. The Hall–Kier alpha value is -2.91. The number of hydrogen-bond acceptors (Lipinski definition) is 6. The quantitative estimate of drug-likeness (QED) is 0.322. The summed E-state index contributed by atoms with van der Waals surface area (Å²) in [5, 5.41) is 6.71. The monoisotopic (exact) mass is 540 g/mol. The lowest BCUT2D eigenvalue weighted by Crippen LogP contribution is -2.28. The van der Waals surface area contributed by atoms with Crippen molar-refractivity contribution < 1.29 is 9.53 Å². The summed E-state index contributed by atoms with van der Waals surface area (Å²) >= 11 is 4.68. The van der Waals surface area contributed by atoms with E-state index in [4.69, 9.17) is 9.84 Å². The van der Waals surface area contributed by atoms with E-state index in [9.17, 15) is 9.59 Å². The van der Waals surface area contributed by atoms with Gasteiger partial charge < -0.3 is 9.72 Å². The molecule has 0 aliphatic carbocycles. The van der Waals surface area contributed by atoms with Gasteiger partial charge in [0.1, 0.15) is 5.75 Å². The van der Waals surface area contributed by atoms with Crippen molar-refractivity contribution in [3.8, 4) is 5.75 Å². The lowest BCUT2D eigenvalue weighted by molar-refractivity contribution is -0.130. The number of nitrogens with zero attached hydrogens (tertiary/aromatic N) is 3. The van der Waals surface area contributed by atoms with E-state index in [0.29, 0.717) is 11.6 Å². The number of hydrogen-bond donors (Lipinski definition) is 1. The van der Waals surface area contributed by atoms with Crippen LogP contribution < -0.4 is 10.3 Å². The minimum Gasteiger partial charge on any atom is -0.497 e. The first-order chi connectivity index (χ1) is 16.5. The van der Waals surface area contributed by atoms with Crippen LogP contribution in [0.2, 0.25) is 0 Å². The Bertz CT molecular complexity index is 1240. The second kappa shape index (κ2) is 11.0. The maximum absolute atomic E-state index is 13.3. The Morgan fingerprint density at radius 1 is 1.21 bits per heavy atom. The van der Waals surface area contributed by atoms with E-state index in [-0.39, 0.29) is 23.3 Å².